The molecule has 30 heavy (non-hydrogen) atoms. The van der Waals surface area contributed by atoms with Gasteiger partial charge in [0.15, 0.2) is 6.61 Å². The molecule has 0 aliphatic carbocycles. The number of benzene rings is 2. The van der Waals surface area contributed by atoms with E-state index in [0.29, 0.717) is 16.6 Å². The van der Waals surface area contributed by atoms with Crippen LogP contribution >= 0.6 is 0 Å². The van der Waals surface area contributed by atoms with Crippen LogP contribution in [0.5, 0.6) is 0 Å². The Kier molecular flexibility index (Phi) is 5.79. The number of fused-ring (bicyclic) bond motifs is 1. The number of rotatable bonds is 4. The third-order valence-electron chi connectivity index (χ3n) is 5.81. The van der Waals surface area contributed by atoms with E-state index in [2.05, 4.69) is 13.8 Å². The van der Waals surface area contributed by atoms with Gasteiger partial charge in [0.1, 0.15) is 0 Å². The molecule has 1 aliphatic heterocycles. The van der Waals surface area contributed by atoms with Crippen molar-refractivity contribution < 1.29 is 14.3 Å². The van der Waals surface area contributed by atoms with Crippen LogP contribution in [-0.2, 0) is 9.53 Å². The van der Waals surface area contributed by atoms with Crippen molar-refractivity contribution in [3.8, 4) is 11.3 Å². The molecule has 0 N–H and O–H groups in total. The standard InChI is InChI=1S/C25H26N2O3/c1-17-9-8-10-18(2)27(17)24(28)16-30-25(29)21-15-23(19-11-4-3-5-12-19)26-22-14-7-6-13-20(21)22/h3-7,11-15,17-18H,8-10,16H2,1-2H3. The number of pyridine rings is 1. The number of likely N-dealkylation sites (tertiary alicyclic amines) is 1. The molecule has 0 spiro atoms. The number of carbonyl (C=O) groups excluding carboxylic acids is 2. The van der Waals surface area contributed by atoms with Crippen LogP contribution in [0.15, 0.2) is 60.7 Å². The predicted molar refractivity (Wildman–Crippen MR) is 117 cm³/mol. The van der Waals surface area contributed by atoms with E-state index in [1.54, 1.807) is 6.07 Å². The number of amides is 1. The number of ether oxygens (including phenoxy) is 1. The van der Waals surface area contributed by atoms with Crippen molar-refractivity contribution in [2.45, 2.75) is 45.2 Å². The fourth-order valence-corrected chi connectivity index (χ4v) is 4.29. The molecule has 2 atom stereocenters. The maximum absolute atomic E-state index is 13.0. The minimum absolute atomic E-state index is 0.135. The molecule has 1 amide bonds. The van der Waals surface area contributed by atoms with Gasteiger partial charge in [-0.2, -0.15) is 0 Å². The van der Waals surface area contributed by atoms with E-state index in [1.165, 1.54) is 0 Å². The van der Waals surface area contributed by atoms with Crippen LogP contribution in [-0.4, -0.2) is 40.5 Å². The summed E-state index contributed by atoms with van der Waals surface area (Å²) in [5.41, 5.74) is 2.76. The highest BCUT2D eigenvalue weighted by Crippen LogP contribution is 2.26. The Balaban J connectivity index is 1.59. The second kappa shape index (κ2) is 8.66. The first-order chi connectivity index (χ1) is 14.5. The Bertz CT molecular complexity index is 1050. The zero-order valence-electron chi connectivity index (χ0n) is 17.4. The maximum Gasteiger partial charge on any atom is 0.339 e. The SMILES string of the molecule is CC1CCCC(C)N1C(=O)COC(=O)c1cc(-c2ccccc2)nc2ccccc12. The molecule has 1 fully saturated rings. The third-order valence-corrected chi connectivity index (χ3v) is 5.81. The van der Waals surface area contributed by atoms with Crippen molar-refractivity contribution in [3.05, 3.63) is 66.2 Å². The Morgan fingerprint density at radius 2 is 1.67 bits per heavy atom. The number of nitrogens with zero attached hydrogens (tertiary/aromatic N) is 2. The van der Waals surface area contributed by atoms with E-state index in [1.807, 2.05) is 59.5 Å². The van der Waals surface area contributed by atoms with Crippen molar-refractivity contribution in [3.63, 3.8) is 0 Å². The first-order valence-corrected chi connectivity index (χ1v) is 10.5. The summed E-state index contributed by atoms with van der Waals surface area (Å²) < 4.78 is 5.48. The molecule has 0 bridgehead atoms. The van der Waals surface area contributed by atoms with Gasteiger partial charge in [0.25, 0.3) is 5.91 Å². The molecule has 5 heteroatoms. The second-order valence-corrected chi connectivity index (χ2v) is 7.94. The molecule has 2 unspecified atom stereocenters. The summed E-state index contributed by atoms with van der Waals surface area (Å²) in [6.07, 6.45) is 3.09. The van der Waals surface area contributed by atoms with Gasteiger partial charge in [0, 0.05) is 23.0 Å². The fraction of sp³-hybridized carbons (Fsp3) is 0.320. The van der Waals surface area contributed by atoms with E-state index in [0.717, 1.165) is 30.3 Å². The van der Waals surface area contributed by atoms with Gasteiger partial charge in [-0.3, -0.25) is 4.79 Å². The van der Waals surface area contributed by atoms with Crippen molar-refractivity contribution in [2.75, 3.05) is 6.61 Å². The van der Waals surface area contributed by atoms with E-state index in [9.17, 15) is 9.59 Å². The van der Waals surface area contributed by atoms with Crippen LogP contribution in [0.4, 0.5) is 0 Å². The minimum Gasteiger partial charge on any atom is -0.452 e. The lowest BCUT2D eigenvalue weighted by Crippen LogP contribution is -2.49. The van der Waals surface area contributed by atoms with Gasteiger partial charge in [-0.05, 0) is 45.2 Å². The van der Waals surface area contributed by atoms with Crippen molar-refractivity contribution in [1.29, 1.82) is 0 Å². The van der Waals surface area contributed by atoms with Gasteiger partial charge < -0.3 is 9.64 Å². The second-order valence-electron chi connectivity index (χ2n) is 7.94. The van der Waals surface area contributed by atoms with Crippen molar-refractivity contribution >= 4 is 22.8 Å². The molecule has 5 nitrogen and oxygen atoms in total. The molecular formula is C25H26N2O3. The minimum atomic E-state index is -0.503. The average Bonchev–Trinajstić information content (AvgIpc) is 2.77. The third kappa shape index (κ3) is 4.06. The number of hydrogen-bond acceptors (Lipinski definition) is 4. The van der Waals surface area contributed by atoms with Crippen LogP contribution in [0.1, 0.15) is 43.5 Å². The van der Waals surface area contributed by atoms with Crippen molar-refractivity contribution in [2.24, 2.45) is 0 Å². The van der Waals surface area contributed by atoms with Gasteiger partial charge in [-0.1, -0.05) is 48.5 Å². The first-order valence-electron chi connectivity index (χ1n) is 10.5. The summed E-state index contributed by atoms with van der Waals surface area (Å²) in [5, 5.41) is 0.717. The molecule has 1 saturated heterocycles. The summed E-state index contributed by atoms with van der Waals surface area (Å²) in [5.74, 6) is -0.638. The average molecular weight is 402 g/mol. The van der Waals surface area contributed by atoms with Crippen LogP contribution in [0, 0.1) is 0 Å². The molecule has 0 saturated carbocycles. The lowest BCUT2D eigenvalue weighted by Gasteiger charge is -2.38. The lowest BCUT2D eigenvalue weighted by atomic mass is 9.97. The van der Waals surface area contributed by atoms with E-state index < -0.39 is 5.97 Å². The van der Waals surface area contributed by atoms with Crippen LogP contribution in [0.2, 0.25) is 0 Å². The molecule has 2 aromatic carbocycles. The van der Waals surface area contributed by atoms with Crippen LogP contribution < -0.4 is 0 Å². The number of carbonyl (C=O) groups is 2. The molecule has 0 radical (unpaired) electrons. The summed E-state index contributed by atoms with van der Waals surface area (Å²) in [4.78, 5) is 32.3. The van der Waals surface area contributed by atoms with E-state index in [-0.39, 0.29) is 24.6 Å². The molecule has 1 aromatic heterocycles. The monoisotopic (exact) mass is 402 g/mol. The van der Waals surface area contributed by atoms with Crippen LogP contribution in [0.3, 0.4) is 0 Å². The van der Waals surface area contributed by atoms with Gasteiger partial charge in [0.05, 0.1) is 16.8 Å². The largest absolute Gasteiger partial charge is 0.452 e. The molecular weight excluding hydrogens is 376 g/mol. The number of hydrogen-bond donors (Lipinski definition) is 0. The highest BCUT2D eigenvalue weighted by Gasteiger charge is 2.29. The zero-order chi connectivity index (χ0) is 21.1. The molecule has 3 aromatic rings. The molecule has 4 rings (SSSR count). The normalized spacial score (nSPS) is 18.9. The lowest BCUT2D eigenvalue weighted by molar-refractivity contribution is -0.140. The van der Waals surface area contributed by atoms with Gasteiger partial charge in [0.2, 0.25) is 0 Å². The highest BCUT2D eigenvalue weighted by molar-refractivity contribution is 6.05. The van der Waals surface area contributed by atoms with E-state index in [4.69, 9.17) is 9.72 Å². The van der Waals surface area contributed by atoms with Gasteiger partial charge in [-0.25, -0.2) is 9.78 Å². The zero-order valence-corrected chi connectivity index (χ0v) is 17.4. The highest BCUT2D eigenvalue weighted by atomic mass is 16.5. The molecule has 154 valence electrons. The summed E-state index contributed by atoms with van der Waals surface area (Å²) in [7, 11) is 0. The Labute approximate surface area is 176 Å². The summed E-state index contributed by atoms with van der Waals surface area (Å²) in [6, 6.07) is 19.3. The Hall–Kier alpha value is -3.21. The first kappa shape index (κ1) is 20.1. The topological polar surface area (TPSA) is 59.5 Å². The Morgan fingerprint density at radius 3 is 2.40 bits per heavy atom. The fourth-order valence-electron chi connectivity index (χ4n) is 4.29. The molecule has 2 heterocycles. The molecule has 1 aliphatic rings. The number of aromatic nitrogens is 1. The summed E-state index contributed by atoms with van der Waals surface area (Å²) >= 11 is 0. The smallest absolute Gasteiger partial charge is 0.339 e. The number of piperidine rings is 1. The van der Waals surface area contributed by atoms with Crippen molar-refractivity contribution in [1.82, 2.24) is 9.88 Å². The maximum atomic E-state index is 13.0. The predicted octanol–water partition coefficient (Wildman–Crippen LogP) is 4.85. The quantitative estimate of drug-likeness (QED) is 0.586. The summed E-state index contributed by atoms with van der Waals surface area (Å²) in [6.45, 7) is 3.86. The van der Waals surface area contributed by atoms with Gasteiger partial charge >= 0.3 is 5.97 Å². The van der Waals surface area contributed by atoms with Gasteiger partial charge in [-0.15, -0.1) is 0 Å². The van der Waals surface area contributed by atoms with Crippen LogP contribution in [0.25, 0.3) is 22.2 Å². The Morgan fingerprint density at radius 1 is 1.00 bits per heavy atom. The number of para-hydroxylation sites is 1. The van der Waals surface area contributed by atoms with E-state index >= 15 is 0 Å². The number of esters is 1.